The third kappa shape index (κ3) is 4.14. The van der Waals surface area contributed by atoms with Crippen LogP contribution in [-0.2, 0) is 5.75 Å². The second-order valence-electron chi connectivity index (χ2n) is 3.14. The molecule has 0 N–H and O–H groups in total. The summed E-state index contributed by atoms with van der Waals surface area (Å²) in [7, 11) is 0. The minimum atomic E-state index is -0.172. The van der Waals surface area contributed by atoms with E-state index in [2.05, 4.69) is 29.8 Å². The van der Waals surface area contributed by atoms with Gasteiger partial charge < -0.3 is 0 Å². The second-order valence-corrected chi connectivity index (χ2v) is 5.62. The van der Waals surface area contributed by atoms with Crippen LogP contribution < -0.4 is 0 Å². The minimum absolute atomic E-state index is 0.172. The van der Waals surface area contributed by atoms with Gasteiger partial charge in [0, 0.05) is 10.2 Å². The Morgan fingerprint density at radius 3 is 2.62 bits per heavy atom. The van der Waals surface area contributed by atoms with E-state index >= 15 is 0 Å². The number of hydrogen-bond donors (Lipinski definition) is 0. The van der Waals surface area contributed by atoms with E-state index in [4.69, 9.17) is 0 Å². The number of rotatable bonds is 3. The highest BCUT2D eigenvalue weighted by molar-refractivity contribution is 9.10. The molecule has 13 heavy (non-hydrogen) atoms. The van der Waals surface area contributed by atoms with Crippen molar-refractivity contribution in [1.82, 2.24) is 0 Å². The van der Waals surface area contributed by atoms with Crippen molar-refractivity contribution in [2.24, 2.45) is 0 Å². The Kier molecular flexibility index (Phi) is 4.26. The summed E-state index contributed by atoms with van der Waals surface area (Å²) in [4.78, 5) is 0. The van der Waals surface area contributed by atoms with Gasteiger partial charge in [-0.05, 0) is 29.0 Å². The molecule has 0 aromatic heterocycles. The predicted molar refractivity (Wildman–Crippen MR) is 60.5 cm³/mol. The van der Waals surface area contributed by atoms with Crippen LogP contribution in [0.1, 0.15) is 19.4 Å². The van der Waals surface area contributed by atoms with Crippen molar-refractivity contribution in [2.75, 3.05) is 0 Å². The Bertz CT molecular complexity index is 266. The quantitative estimate of drug-likeness (QED) is 0.786. The molecule has 3 heteroatoms. The summed E-state index contributed by atoms with van der Waals surface area (Å²) in [5.74, 6) is 0.697. The SMILES string of the molecule is CC(C)SCc1cc(F)cc(Br)c1. The molecular formula is C10H12BrFS. The smallest absolute Gasteiger partial charge is 0.124 e. The van der Waals surface area contributed by atoms with Crippen LogP contribution in [0.15, 0.2) is 22.7 Å². The van der Waals surface area contributed by atoms with Gasteiger partial charge in [0.2, 0.25) is 0 Å². The van der Waals surface area contributed by atoms with Crippen LogP contribution in [0, 0.1) is 5.82 Å². The first-order chi connectivity index (χ1) is 6.08. The van der Waals surface area contributed by atoms with Crippen LogP contribution in [0.2, 0.25) is 0 Å². The molecule has 1 rings (SSSR count). The number of halogens is 2. The van der Waals surface area contributed by atoms with Gasteiger partial charge in [-0.15, -0.1) is 0 Å². The molecule has 1 aromatic rings. The van der Waals surface area contributed by atoms with E-state index in [9.17, 15) is 4.39 Å². The molecule has 0 saturated carbocycles. The number of benzene rings is 1. The van der Waals surface area contributed by atoms with Gasteiger partial charge >= 0.3 is 0 Å². The minimum Gasteiger partial charge on any atom is -0.207 e. The lowest BCUT2D eigenvalue weighted by Crippen LogP contribution is -1.89. The molecule has 0 atom stereocenters. The van der Waals surface area contributed by atoms with Crippen molar-refractivity contribution in [2.45, 2.75) is 24.9 Å². The van der Waals surface area contributed by atoms with Crippen molar-refractivity contribution in [1.29, 1.82) is 0 Å². The van der Waals surface area contributed by atoms with E-state index in [0.29, 0.717) is 5.25 Å². The fraction of sp³-hybridized carbons (Fsp3) is 0.400. The highest BCUT2D eigenvalue weighted by Gasteiger charge is 2.00. The Morgan fingerprint density at radius 1 is 1.38 bits per heavy atom. The van der Waals surface area contributed by atoms with E-state index in [0.717, 1.165) is 15.8 Å². The third-order valence-corrected chi connectivity index (χ3v) is 3.13. The van der Waals surface area contributed by atoms with E-state index in [-0.39, 0.29) is 5.82 Å². The summed E-state index contributed by atoms with van der Waals surface area (Å²) in [6, 6.07) is 5.02. The van der Waals surface area contributed by atoms with Crippen LogP contribution >= 0.6 is 27.7 Å². The fourth-order valence-corrected chi connectivity index (χ4v) is 2.16. The fourth-order valence-electron chi connectivity index (χ4n) is 0.957. The van der Waals surface area contributed by atoms with Gasteiger partial charge in [0.25, 0.3) is 0 Å². The van der Waals surface area contributed by atoms with E-state index < -0.39 is 0 Å². The molecule has 0 unspecified atom stereocenters. The molecule has 0 spiro atoms. The van der Waals surface area contributed by atoms with E-state index in [1.54, 1.807) is 6.07 Å². The first kappa shape index (κ1) is 11.1. The molecule has 0 amide bonds. The Morgan fingerprint density at radius 2 is 2.08 bits per heavy atom. The van der Waals surface area contributed by atoms with Crippen LogP contribution in [0.25, 0.3) is 0 Å². The average Bonchev–Trinajstić information content (AvgIpc) is 1.99. The molecule has 0 heterocycles. The number of hydrogen-bond acceptors (Lipinski definition) is 1. The second kappa shape index (κ2) is 5.01. The summed E-state index contributed by atoms with van der Waals surface area (Å²) in [6.07, 6.45) is 0. The van der Waals surface area contributed by atoms with Gasteiger partial charge in [-0.1, -0.05) is 29.8 Å². The van der Waals surface area contributed by atoms with Gasteiger partial charge in [-0.3, -0.25) is 0 Å². The standard InChI is InChI=1S/C10H12BrFS/c1-7(2)13-6-8-3-9(11)5-10(12)4-8/h3-5,7H,6H2,1-2H3. The molecule has 0 fully saturated rings. The normalized spacial score (nSPS) is 10.8. The average molecular weight is 263 g/mol. The summed E-state index contributed by atoms with van der Waals surface area (Å²) in [5.41, 5.74) is 1.03. The molecule has 72 valence electrons. The van der Waals surface area contributed by atoms with Gasteiger partial charge in [0.1, 0.15) is 5.82 Å². The van der Waals surface area contributed by atoms with Crippen molar-refractivity contribution >= 4 is 27.7 Å². The Balaban J connectivity index is 2.66. The summed E-state index contributed by atoms with van der Waals surface area (Å²) >= 11 is 5.08. The third-order valence-electron chi connectivity index (χ3n) is 1.51. The van der Waals surface area contributed by atoms with Gasteiger partial charge in [0.15, 0.2) is 0 Å². The maximum atomic E-state index is 12.9. The molecular weight excluding hydrogens is 251 g/mol. The zero-order chi connectivity index (χ0) is 9.84. The van der Waals surface area contributed by atoms with Crippen molar-refractivity contribution in [3.8, 4) is 0 Å². The highest BCUT2D eigenvalue weighted by atomic mass is 79.9. The summed E-state index contributed by atoms with van der Waals surface area (Å²) in [5, 5.41) is 0.585. The molecule has 0 nitrogen and oxygen atoms in total. The Hall–Kier alpha value is -0.0200. The molecule has 1 aromatic carbocycles. The van der Waals surface area contributed by atoms with Gasteiger partial charge in [-0.2, -0.15) is 11.8 Å². The highest BCUT2D eigenvalue weighted by Crippen LogP contribution is 2.21. The first-order valence-electron chi connectivity index (χ1n) is 4.14. The molecule has 0 aliphatic heterocycles. The molecule has 0 aliphatic carbocycles. The van der Waals surface area contributed by atoms with E-state index in [1.165, 1.54) is 6.07 Å². The van der Waals surface area contributed by atoms with E-state index in [1.807, 2.05) is 17.8 Å². The summed E-state index contributed by atoms with van der Waals surface area (Å²) < 4.78 is 13.7. The van der Waals surface area contributed by atoms with Crippen LogP contribution in [-0.4, -0.2) is 5.25 Å². The lowest BCUT2D eigenvalue weighted by molar-refractivity contribution is 0.625. The molecule has 0 radical (unpaired) electrons. The van der Waals surface area contributed by atoms with Gasteiger partial charge in [-0.25, -0.2) is 4.39 Å². The maximum Gasteiger partial charge on any atom is 0.124 e. The lowest BCUT2D eigenvalue weighted by atomic mass is 10.2. The lowest BCUT2D eigenvalue weighted by Gasteiger charge is -2.05. The van der Waals surface area contributed by atoms with Crippen molar-refractivity contribution in [3.05, 3.63) is 34.1 Å². The van der Waals surface area contributed by atoms with Crippen LogP contribution in [0.3, 0.4) is 0 Å². The van der Waals surface area contributed by atoms with Crippen molar-refractivity contribution < 1.29 is 4.39 Å². The zero-order valence-electron chi connectivity index (χ0n) is 7.68. The monoisotopic (exact) mass is 262 g/mol. The van der Waals surface area contributed by atoms with Gasteiger partial charge in [0.05, 0.1) is 0 Å². The largest absolute Gasteiger partial charge is 0.207 e. The van der Waals surface area contributed by atoms with Crippen molar-refractivity contribution in [3.63, 3.8) is 0 Å². The molecule has 0 aliphatic rings. The predicted octanol–water partition coefficient (Wildman–Crippen LogP) is 4.23. The first-order valence-corrected chi connectivity index (χ1v) is 5.98. The number of thioether (sulfide) groups is 1. The molecule has 0 saturated heterocycles. The van der Waals surface area contributed by atoms with Crippen LogP contribution in [0.4, 0.5) is 4.39 Å². The molecule has 0 bridgehead atoms. The Labute approximate surface area is 91.0 Å². The summed E-state index contributed by atoms with van der Waals surface area (Å²) in [6.45, 7) is 4.28. The topological polar surface area (TPSA) is 0 Å². The van der Waals surface area contributed by atoms with Crippen LogP contribution in [0.5, 0.6) is 0 Å². The maximum absolute atomic E-state index is 12.9. The zero-order valence-corrected chi connectivity index (χ0v) is 10.1.